The van der Waals surface area contributed by atoms with E-state index in [9.17, 15) is 19.3 Å². The van der Waals surface area contributed by atoms with E-state index in [-0.39, 0.29) is 11.3 Å². The highest BCUT2D eigenvalue weighted by Crippen LogP contribution is 2.16. The maximum atomic E-state index is 13.4. The predicted octanol–water partition coefficient (Wildman–Crippen LogP) is 0.683. The summed E-state index contributed by atoms with van der Waals surface area (Å²) in [6.07, 6.45) is 0. The van der Waals surface area contributed by atoms with Gasteiger partial charge in [-0.3, -0.25) is 14.9 Å². The Morgan fingerprint density at radius 1 is 1.47 bits per heavy atom. The molecule has 0 aliphatic rings. The van der Waals surface area contributed by atoms with Crippen LogP contribution >= 0.6 is 0 Å². The summed E-state index contributed by atoms with van der Waals surface area (Å²) in [5.41, 5.74) is -0.582. The molecule has 0 radical (unpaired) electrons. The highest BCUT2D eigenvalue weighted by molar-refractivity contribution is 5.94. The van der Waals surface area contributed by atoms with E-state index in [1.54, 1.807) is 7.05 Å². The van der Waals surface area contributed by atoms with E-state index in [1.807, 2.05) is 0 Å². The lowest BCUT2D eigenvalue weighted by Crippen LogP contribution is -2.30. The summed E-state index contributed by atoms with van der Waals surface area (Å²) < 4.78 is 13.4. The van der Waals surface area contributed by atoms with Gasteiger partial charge in [-0.2, -0.15) is 0 Å². The van der Waals surface area contributed by atoms with Crippen LogP contribution in [0.25, 0.3) is 0 Å². The molecule has 0 heterocycles. The van der Waals surface area contributed by atoms with E-state index in [2.05, 4.69) is 10.6 Å². The molecule has 17 heavy (non-hydrogen) atoms. The number of nitro benzene ring substituents is 1. The number of carbonyl (C=O) groups excluding carboxylic acids is 1. The number of halogens is 1. The molecule has 1 aromatic carbocycles. The number of hydrogen-bond donors (Lipinski definition) is 2. The van der Waals surface area contributed by atoms with Crippen molar-refractivity contribution in [3.8, 4) is 0 Å². The Morgan fingerprint density at radius 3 is 2.71 bits per heavy atom. The summed E-state index contributed by atoms with van der Waals surface area (Å²) in [7, 11) is 1.72. The first kappa shape index (κ1) is 13.0. The second kappa shape index (κ2) is 5.90. The molecule has 7 heteroatoms. The molecule has 0 spiro atoms. The molecular formula is C10H12FN3O3. The summed E-state index contributed by atoms with van der Waals surface area (Å²) in [6.45, 7) is 0.909. The third-order valence-electron chi connectivity index (χ3n) is 2.07. The van der Waals surface area contributed by atoms with Crippen molar-refractivity contribution >= 4 is 11.6 Å². The van der Waals surface area contributed by atoms with Crippen molar-refractivity contribution in [1.82, 2.24) is 10.6 Å². The third kappa shape index (κ3) is 3.49. The van der Waals surface area contributed by atoms with Crippen LogP contribution in [0.3, 0.4) is 0 Å². The highest BCUT2D eigenvalue weighted by Gasteiger charge is 2.15. The fourth-order valence-electron chi connectivity index (χ4n) is 1.20. The Labute approximate surface area is 97.0 Å². The monoisotopic (exact) mass is 241 g/mol. The van der Waals surface area contributed by atoms with Crippen LogP contribution in [0.1, 0.15) is 10.4 Å². The standard InChI is InChI=1S/C10H12FN3O3/c1-12-4-5-13-10(15)8-3-2-7(14(16)17)6-9(8)11/h2-3,6,12H,4-5H2,1H3,(H,13,15). The minimum atomic E-state index is -0.902. The molecule has 1 amide bonds. The van der Waals surface area contributed by atoms with Gasteiger partial charge in [0, 0.05) is 19.2 Å². The highest BCUT2D eigenvalue weighted by atomic mass is 19.1. The molecule has 92 valence electrons. The van der Waals surface area contributed by atoms with Gasteiger partial charge >= 0.3 is 0 Å². The van der Waals surface area contributed by atoms with Gasteiger partial charge in [0.05, 0.1) is 16.6 Å². The van der Waals surface area contributed by atoms with Crippen LogP contribution in [0.2, 0.25) is 0 Å². The number of non-ortho nitro benzene ring substituents is 1. The van der Waals surface area contributed by atoms with E-state index in [0.717, 1.165) is 18.2 Å². The van der Waals surface area contributed by atoms with Gasteiger partial charge in [-0.25, -0.2) is 4.39 Å². The number of rotatable bonds is 5. The smallest absolute Gasteiger partial charge is 0.272 e. The molecule has 1 rings (SSSR count). The van der Waals surface area contributed by atoms with E-state index in [0.29, 0.717) is 13.1 Å². The van der Waals surface area contributed by atoms with Gasteiger partial charge in [0.1, 0.15) is 5.82 Å². The number of benzene rings is 1. The average Bonchev–Trinajstić information content (AvgIpc) is 2.28. The van der Waals surface area contributed by atoms with E-state index in [4.69, 9.17) is 0 Å². The van der Waals surface area contributed by atoms with Crippen LogP contribution in [0, 0.1) is 15.9 Å². The van der Waals surface area contributed by atoms with Crippen LogP contribution in [-0.4, -0.2) is 31.0 Å². The third-order valence-corrected chi connectivity index (χ3v) is 2.07. The summed E-state index contributed by atoms with van der Waals surface area (Å²) >= 11 is 0. The molecule has 0 aliphatic heterocycles. The number of nitro groups is 1. The zero-order valence-electron chi connectivity index (χ0n) is 9.20. The van der Waals surface area contributed by atoms with E-state index >= 15 is 0 Å². The number of amides is 1. The Morgan fingerprint density at radius 2 is 2.18 bits per heavy atom. The molecule has 0 saturated heterocycles. The summed E-state index contributed by atoms with van der Waals surface area (Å²) in [5.74, 6) is -1.49. The molecule has 0 fully saturated rings. The molecule has 0 aliphatic carbocycles. The Balaban J connectivity index is 2.78. The molecule has 2 N–H and O–H groups in total. The Bertz CT molecular complexity index is 437. The number of carbonyl (C=O) groups is 1. The molecule has 0 aromatic heterocycles. The lowest BCUT2D eigenvalue weighted by molar-refractivity contribution is -0.385. The quantitative estimate of drug-likeness (QED) is 0.451. The van der Waals surface area contributed by atoms with Gasteiger partial charge in [-0.05, 0) is 13.1 Å². The summed E-state index contributed by atoms with van der Waals surface area (Å²) in [5, 5.41) is 15.7. The summed E-state index contributed by atoms with van der Waals surface area (Å²) in [6, 6.07) is 2.92. The average molecular weight is 241 g/mol. The van der Waals surface area contributed by atoms with Crippen LogP contribution in [0.5, 0.6) is 0 Å². The van der Waals surface area contributed by atoms with Gasteiger partial charge < -0.3 is 10.6 Å². The maximum Gasteiger partial charge on any atom is 0.272 e. The number of hydrogen-bond acceptors (Lipinski definition) is 4. The van der Waals surface area contributed by atoms with Crippen LogP contribution < -0.4 is 10.6 Å². The van der Waals surface area contributed by atoms with Crippen molar-refractivity contribution in [3.63, 3.8) is 0 Å². The van der Waals surface area contributed by atoms with Gasteiger partial charge in [0.15, 0.2) is 0 Å². The molecule has 0 atom stereocenters. The van der Waals surface area contributed by atoms with Gasteiger partial charge in [-0.1, -0.05) is 0 Å². The van der Waals surface area contributed by atoms with Crippen molar-refractivity contribution in [1.29, 1.82) is 0 Å². The number of nitrogens with zero attached hydrogens (tertiary/aromatic N) is 1. The lowest BCUT2D eigenvalue weighted by Gasteiger charge is -2.05. The first-order valence-corrected chi connectivity index (χ1v) is 4.93. The molecule has 0 bridgehead atoms. The second-order valence-electron chi connectivity index (χ2n) is 3.28. The predicted molar refractivity (Wildman–Crippen MR) is 59.3 cm³/mol. The number of nitrogens with one attached hydrogen (secondary N) is 2. The molecule has 0 unspecified atom stereocenters. The van der Waals surface area contributed by atoms with Crippen molar-refractivity contribution < 1.29 is 14.1 Å². The zero-order chi connectivity index (χ0) is 12.8. The molecular weight excluding hydrogens is 229 g/mol. The Hall–Kier alpha value is -2.02. The van der Waals surface area contributed by atoms with E-state index < -0.39 is 16.6 Å². The minimum Gasteiger partial charge on any atom is -0.351 e. The summed E-state index contributed by atoms with van der Waals surface area (Å²) in [4.78, 5) is 21.1. The second-order valence-corrected chi connectivity index (χ2v) is 3.28. The van der Waals surface area contributed by atoms with Crippen molar-refractivity contribution in [2.75, 3.05) is 20.1 Å². The van der Waals surface area contributed by atoms with Gasteiger partial charge in [0.25, 0.3) is 11.6 Å². The first-order chi connectivity index (χ1) is 8.06. The lowest BCUT2D eigenvalue weighted by atomic mass is 10.2. The fourth-order valence-corrected chi connectivity index (χ4v) is 1.20. The van der Waals surface area contributed by atoms with Crippen molar-refractivity contribution in [3.05, 3.63) is 39.7 Å². The van der Waals surface area contributed by atoms with Gasteiger partial charge in [-0.15, -0.1) is 0 Å². The van der Waals surface area contributed by atoms with Crippen LogP contribution in [-0.2, 0) is 0 Å². The van der Waals surface area contributed by atoms with Crippen LogP contribution in [0.15, 0.2) is 18.2 Å². The SMILES string of the molecule is CNCCNC(=O)c1ccc([N+](=O)[O-])cc1F. The maximum absolute atomic E-state index is 13.4. The van der Waals surface area contributed by atoms with Crippen LogP contribution in [0.4, 0.5) is 10.1 Å². The molecule has 1 aromatic rings. The topological polar surface area (TPSA) is 84.3 Å². The molecule has 6 nitrogen and oxygen atoms in total. The fraction of sp³-hybridized carbons (Fsp3) is 0.300. The van der Waals surface area contributed by atoms with Gasteiger partial charge in [0.2, 0.25) is 0 Å². The first-order valence-electron chi connectivity index (χ1n) is 4.93. The number of likely N-dealkylation sites (N-methyl/N-ethyl adjacent to an activating group) is 1. The Kier molecular flexibility index (Phi) is 4.53. The minimum absolute atomic E-state index is 0.202. The van der Waals surface area contributed by atoms with E-state index in [1.165, 1.54) is 0 Å². The zero-order valence-corrected chi connectivity index (χ0v) is 9.20. The largest absolute Gasteiger partial charge is 0.351 e. The molecule has 0 saturated carbocycles. The normalized spacial score (nSPS) is 10.0. The van der Waals surface area contributed by atoms with Crippen molar-refractivity contribution in [2.24, 2.45) is 0 Å². The van der Waals surface area contributed by atoms with Crippen molar-refractivity contribution in [2.45, 2.75) is 0 Å².